The maximum Gasteiger partial charge on any atom is 0.174 e. The number of rotatable bonds is 4. The van der Waals surface area contributed by atoms with Crippen molar-refractivity contribution >= 4 is 23.0 Å². The summed E-state index contributed by atoms with van der Waals surface area (Å²) in [5, 5.41) is 12.2. The Morgan fingerprint density at radius 1 is 0.938 bits per heavy atom. The molecule has 1 aliphatic rings. The molecule has 0 bridgehead atoms. The fourth-order valence-corrected chi connectivity index (χ4v) is 5.12. The van der Waals surface area contributed by atoms with Crippen LogP contribution in [0.3, 0.4) is 0 Å². The average molecular weight is 444 g/mol. The predicted molar refractivity (Wildman–Crippen MR) is 129 cm³/mol. The van der Waals surface area contributed by atoms with Gasteiger partial charge in [0.1, 0.15) is 12.7 Å². The number of anilines is 1. The molecule has 0 saturated carbocycles. The van der Waals surface area contributed by atoms with Crippen LogP contribution < -0.4 is 10.2 Å². The van der Waals surface area contributed by atoms with Crippen molar-refractivity contribution in [2.75, 3.05) is 4.90 Å². The molecule has 3 aromatic heterocycles. The minimum Gasteiger partial charge on any atom is -0.351 e. The number of thiocarbonyl (C=S) groups is 1. The minimum absolute atomic E-state index is 0.0602. The molecule has 1 aromatic carbocycles. The van der Waals surface area contributed by atoms with Crippen LogP contribution in [-0.2, 0) is 0 Å². The molecule has 4 aromatic rings. The second-order valence-electron chi connectivity index (χ2n) is 8.32. The summed E-state index contributed by atoms with van der Waals surface area (Å²) in [5.74, 6) is 0. The fraction of sp³-hybridized carbons (Fsp3) is 0.250. The molecule has 4 heterocycles. The monoisotopic (exact) mass is 443 g/mol. The zero-order chi connectivity index (χ0) is 22.4. The van der Waals surface area contributed by atoms with Crippen LogP contribution in [0.1, 0.15) is 45.9 Å². The zero-order valence-electron chi connectivity index (χ0n) is 18.5. The maximum absolute atomic E-state index is 5.88. The van der Waals surface area contributed by atoms with Crippen LogP contribution in [0.15, 0.2) is 61.3 Å². The van der Waals surface area contributed by atoms with Crippen molar-refractivity contribution in [2.24, 2.45) is 0 Å². The quantitative estimate of drug-likeness (QED) is 0.477. The average Bonchev–Trinajstić information content (AvgIpc) is 3.46. The largest absolute Gasteiger partial charge is 0.351 e. The van der Waals surface area contributed by atoms with Crippen LogP contribution in [0, 0.1) is 27.7 Å². The molecule has 32 heavy (non-hydrogen) atoms. The molecule has 5 rings (SSSR count). The lowest BCUT2D eigenvalue weighted by Gasteiger charge is -2.28. The summed E-state index contributed by atoms with van der Waals surface area (Å²) in [6.07, 6.45) is 5.25. The number of nitrogens with zero attached hydrogens (tertiary/aromatic N) is 6. The molecular weight excluding hydrogens is 418 g/mol. The van der Waals surface area contributed by atoms with E-state index in [9.17, 15) is 0 Å². The number of hydrogen-bond acceptors (Lipinski definition) is 4. The topological polar surface area (TPSA) is 63.8 Å². The highest BCUT2D eigenvalue weighted by Crippen LogP contribution is 2.43. The van der Waals surface area contributed by atoms with Crippen LogP contribution in [0.5, 0.6) is 0 Å². The van der Waals surface area contributed by atoms with E-state index in [0.29, 0.717) is 5.11 Å². The number of nitrogens with one attached hydrogen (secondary N) is 1. The van der Waals surface area contributed by atoms with Gasteiger partial charge in [0.05, 0.1) is 17.8 Å². The van der Waals surface area contributed by atoms with E-state index in [0.717, 1.165) is 22.8 Å². The van der Waals surface area contributed by atoms with E-state index in [1.54, 1.807) is 12.7 Å². The molecule has 0 unspecified atom stereocenters. The Kier molecular flexibility index (Phi) is 5.01. The van der Waals surface area contributed by atoms with Gasteiger partial charge in [-0.1, -0.05) is 12.1 Å². The van der Waals surface area contributed by atoms with E-state index in [1.165, 1.54) is 16.7 Å². The van der Waals surface area contributed by atoms with Crippen LogP contribution in [0.2, 0.25) is 0 Å². The van der Waals surface area contributed by atoms with Crippen molar-refractivity contribution in [1.82, 2.24) is 29.9 Å². The Hall–Kier alpha value is -3.52. The molecule has 0 radical (unpaired) electrons. The number of aryl methyl sites for hydroxylation is 3. The Bertz CT molecular complexity index is 1260. The molecule has 1 aliphatic heterocycles. The van der Waals surface area contributed by atoms with Gasteiger partial charge in [-0.15, -0.1) is 10.2 Å². The molecule has 2 atom stereocenters. The van der Waals surface area contributed by atoms with Gasteiger partial charge in [-0.3, -0.25) is 9.66 Å². The lowest BCUT2D eigenvalue weighted by atomic mass is 9.96. The standard InChI is InChI=1S/C24H25N7S/c1-15-9-16(2)11-19(10-15)30-23(22(28-24(30)32)21-7-5-6-8-25-21)20-12-17(3)31(18(20)4)29-13-26-27-14-29/h5-14,22-23H,1-4H3,(H,28,32)/t22-,23+/m0/s1. The van der Waals surface area contributed by atoms with Crippen LogP contribution in [-0.4, -0.2) is 29.6 Å². The molecule has 7 nitrogen and oxygen atoms in total. The number of hydrogen-bond donors (Lipinski definition) is 1. The predicted octanol–water partition coefficient (Wildman–Crippen LogP) is 4.20. The van der Waals surface area contributed by atoms with E-state index >= 15 is 0 Å². The highest BCUT2D eigenvalue weighted by Gasteiger charge is 2.42. The summed E-state index contributed by atoms with van der Waals surface area (Å²) in [4.78, 5) is 6.89. The van der Waals surface area contributed by atoms with Crippen LogP contribution in [0.25, 0.3) is 0 Å². The van der Waals surface area contributed by atoms with E-state index in [2.05, 4.69) is 88.1 Å². The Morgan fingerprint density at radius 3 is 2.31 bits per heavy atom. The highest BCUT2D eigenvalue weighted by atomic mass is 32.1. The van der Waals surface area contributed by atoms with Crippen molar-refractivity contribution in [3.63, 3.8) is 0 Å². The highest BCUT2D eigenvalue weighted by molar-refractivity contribution is 7.80. The van der Waals surface area contributed by atoms with Gasteiger partial charge in [-0.05, 0) is 81.4 Å². The first-order chi connectivity index (χ1) is 15.4. The van der Waals surface area contributed by atoms with E-state index < -0.39 is 0 Å². The van der Waals surface area contributed by atoms with Gasteiger partial charge in [-0.2, -0.15) is 0 Å². The van der Waals surface area contributed by atoms with Crippen LogP contribution >= 0.6 is 12.2 Å². The summed E-state index contributed by atoms with van der Waals surface area (Å²) in [6, 6.07) is 14.6. The van der Waals surface area contributed by atoms with Gasteiger partial charge < -0.3 is 10.2 Å². The van der Waals surface area contributed by atoms with Crippen molar-refractivity contribution in [3.05, 3.63) is 95.1 Å². The van der Waals surface area contributed by atoms with E-state index in [-0.39, 0.29) is 12.1 Å². The fourth-order valence-electron chi connectivity index (χ4n) is 4.77. The van der Waals surface area contributed by atoms with Crippen molar-refractivity contribution in [2.45, 2.75) is 39.8 Å². The van der Waals surface area contributed by atoms with Gasteiger partial charge in [0, 0.05) is 28.8 Å². The third kappa shape index (κ3) is 3.36. The number of pyridine rings is 1. The molecule has 1 N–H and O–H groups in total. The SMILES string of the molecule is Cc1cc(C)cc(N2C(=S)N[C@@H](c3ccccn3)[C@H]2c2cc(C)n(-n3cnnc3)c2C)c1. The summed E-state index contributed by atoms with van der Waals surface area (Å²) in [7, 11) is 0. The second-order valence-corrected chi connectivity index (χ2v) is 8.71. The van der Waals surface area contributed by atoms with Gasteiger partial charge in [-0.25, -0.2) is 4.68 Å². The molecular formula is C24H25N7S. The molecule has 0 amide bonds. The van der Waals surface area contributed by atoms with Crippen molar-refractivity contribution in [3.8, 4) is 0 Å². The van der Waals surface area contributed by atoms with Gasteiger partial charge >= 0.3 is 0 Å². The Morgan fingerprint density at radius 2 is 1.66 bits per heavy atom. The molecule has 8 heteroatoms. The summed E-state index contributed by atoms with van der Waals surface area (Å²) < 4.78 is 4.01. The summed E-state index contributed by atoms with van der Waals surface area (Å²) in [5.41, 5.74) is 7.83. The first kappa shape index (κ1) is 20.4. The Balaban J connectivity index is 1.70. The molecule has 0 aliphatic carbocycles. The molecule has 1 saturated heterocycles. The number of aromatic nitrogens is 5. The smallest absolute Gasteiger partial charge is 0.174 e. The van der Waals surface area contributed by atoms with Crippen LogP contribution in [0.4, 0.5) is 5.69 Å². The first-order valence-electron chi connectivity index (χ1n) is 10.6. The molecule has 162 valence electrons. The third-order valence-corrected chi connectivity index (χ3v) is 6.29. The zero-order valence-corrected chi connectivity index (χ0v) is 19.3. The summed E-state index contributed by atoms with van der Waals surface area (Å²) >= 11 is 5.88. The van der Waals surface area contributed by atoms with Crippen molar-refractivity contribution < 1.29 is 0 Å². The first-order valence-corrected chi connectivity index (χ1v) is 11.0. The van der Waals surface area contributed by atoms with E-state index in [1.807, 2.05) is 23.0 Å². The van der Waals surface area contributed by atoms with Gasteiger partial charge in [0.15, 0.2) is 5.11 Å². The minimum atomic E-state index is -0.0839. The number of benzene rings is 1. The summed E-state index contributed by atoms with van der Waals surface area (Å²) in [6.45, 7) is 8.45. The van der Waals surface area contributed by atoms with Crippen molar-refractivity contribution in [1.29, 1.82) is 0 Å². The molecule has 0 spiro atoms. The second kappa shape index (κ2) is 7.87. The lowest BCUT2D eigenvalue weighted by molar-refractivity contribution is 0.557. The van der Waals surface area contributed by atoms with E-state index in [4.69, 9.17) is 12.2 Å². The normalized spacial score (nSPS) is 18.2. The maximum atomic E-state index is 5.88. The van der Waals surface area contributed by atoms with Gasteiger partial charge in [0.2, 0.25) is 0 Å². The van der Waals surface area contributed by atoms with Gasteiger partial charge in [0.25, 0.3) is 0 Å². The Labute approximate surface area is 192 Å². The third-order valence-electron chi connectivity index (χ3n) is 5.97. The molecule has 1 fully saturated rings. The lowest BCUT2D eigenvalue weighted by Crippen LogP contribution is -2.29.